The molecule has 1 N–H and O–H groups in total. The SMILES string of the molecule is C[C@H]1CCC[C@@H](C(=O)Nc2cc(C(F)(F)F)cc3c2Cc2ccccc2S3)C1. The summed E-state index contributed by atoms with van der Waals surface area (Å²) in [5, 5.41) is 2.85. The van der Waals surface area contributed by atoms with Gasteiger partial charge in [0.25, 0.3) is 0 Å². The van der Waals surface area contributed by atoms with E-state index in [2.05, 4.69) is 12.2 Å². The van der Waals surface area contributed by atoms with Gasteiger partial charge in [-0.05, 0) is 48.1 Å². The summed E-state index contributed by atoms with van der Waals surface area (Å²) in [4.78, 5) is 14.3. The number of nitrogens with one attached hydrogen (secondary N) is 1. The molecule has 1 saturated carbocycles. The van der Waals surface area contributed by atoms with Crippen molar-refractivity contribution in [1.29, 1.82) is 0 Å². The fraction of sp³-hybridized carbons (Fsp3) is 0.409. The zero-order valence-electron chi connectivity index (χ0n) is 15.6. The third-order valence-electron chi connectivity index (χ3n) is 5.66. The Morgan fingerprint density at radius 2 is 1.93 bits per heavy atom. The first-order valence-electron chi connectivity index (χ1n) is 9.62. The number of fused-ring (bicyclic) bond motifs is 2. The Bertz CT molecular complexity index is 909. The molecule has 1 amide bonds. The molecule has 2 nitrogen and oxygen atoms in total. The molecule has 1 fully saturated rings. The Kier molecular flexibility index (Phi) is 5.17. The smallest absolute Gasteiger partial charge is 0.326 e. The first-order valence-corrected chi connectivity index (χ1v) is 10.4. The van der Waals surface area contributed by atoms with Crippen LogP contribution in [0.25, 0.3) is 0 Å². The lowest BCUT2D eigenvalue weighted by molar-refractivity contribution is -0.137. The molecule has 148 valence electrons. The molecule has 0 unspecified atom stereocenters. The highest BCUT2D eigenvalue weighted by atomic mass is 32.2. The quantitative estimate of drug-likeness (QED) is 0.525. The molecule has 0 saturated heterocycles. The van der Waals surface area contributed by atoms with Crippen molar-refractivity contribution in [2.75, 3.05) is 5.32 Å². The van der Waals surface area contributed by atoms with Crippen LogP contribution in [0, 0.1) is 11.8 Å². The van der Waals surface area contributed by atoms with Crippen LogP contribution in [0.3, 0.4) is 0 Å². The van der Waals surface area contributed by atoms with E-state index in [1.807, 2.05) is 24.3 Å². The van der Waals surface area contributed by atoms with Gasteiger partial charge in [0.1, 0.15) is 0 Å². The molecule has 0 aromatic heterocycles. The molecule has 6 heteroatoms. The first-order chi connectivity index (χ1) is 13.3. The van der Waals surface area contributed by atoms with E-state index < -0.39 is 11.7 Å². The second-order valence-electron chi connectivity index (χ2n) is 7.84. The molecule has 2 aliphatic rings. The van der Waals surface area contributed by atoms with Crippen LogP contribution >= 0.6 is 11.8 Å². The molecule has 1 aliphatic heterocycles. The van der Waals surface area contributed by atoms with Gasteiger partial charge >= 0.3 is 6.18 Å². The fourth-order valence-corrected chi connectivity index (χ4v) is 5.31. The Labute approximate surface area is 166 Å². The minimum Gasteiger partial charge on any atom is -0.326 e. The lowest BCUT2D eigenvalue weighted by Gasteiger charge is -2.28. The number of rotatable bonds is 2. The molecule has 2 aromatic carbocycles. The number of alkyl halides is 3. The van der Waals surface area contributed by atoms with Crippen LogP contribution in [0.15, 0.2) is 46.2 Å². The van der Waals surface area contributed by atoms with Crippen molar-refractivity contribution in [3.05, 3.63) is 53.1 Å². The second kappa shape index (κ2) is 7.47. The minimum absolute atomic E-state index is 0.127. The molecule has 0 radical (unpaired) electrons. The van der Waals surface area contributed by atoms with E-state index in [9.17, 15) is 18.0 Å². The molecular formula is C22H22F3NOS. The summed E-state index contributed by atoms with van der Waals surface area (Å²) in [5.41, 5.74) is 1.43. The van der Waals surface area contributed by atoms with E-state index in [0.717, 1.165) is 47.8 Å². The van der Waals surface area contributed by atoms with Crippen molar-refractivity contribution in [2.45, 2.75) is 55.0 Å². The van der Waals surface area contributed by atoms with E-state index in [1.54, 1.807) is 0 Å². The van der Waals surface area contributed by atoms with Gasteiger partial charge in [0.05, 0.1) is 5.56 Å². The predicted octanol–water partition coefficient (Wildman–Crippen LogP) is 6.53. The van der Waals surface area contributed by atoms with Gasteiger partial charge in [-0.15, -0.1) is 0 Å². The standard InChI is InChI=1S/C22H22F3NOS/c1-13-5-4-7-15(9-13)21(27)26-18-11-16(22(23,24)25)12-20-17(18)10-14-6-2-3-8-19(14)28-20/h2-3,6,8,11-13,15H,4-5,7,9-10H2,1H3,(H,26,27)/t13-,15+/m0/s1. The highest BCUT2D eigenvalue weighted by Crippen LogP contribution is 2.45. The largest absolute Gasteiger partial charge is 0.416 e. The Balaban J connectivity index is 1.69. The second-order valence-corrected chi connectivity index (χ2v) is 8.93. The van der Waals surface area contributed by atoms with Crippen LogP contribution < -0.4 is 5.32 Å². The summed E-state index contributed by atoms with van der Waals surface area (Å²) in [7, 11) is 0. The normalized spacial score (nSPS) is 21.6. The van der Waals surface area contributed by atoms with Crippen molar-refractivity contribution in [2.24, 2.45) is 11.8 Å². The predicted molar refractivity (Wildman–Crippen MR) is 105 cm³/mol. The molecule has 0 spiro atoms. The van der Waals surface area contributed by atoms with E-state index >= 15 is 0 Å². The monoisotopic (exact) mass is 405 g/mol. The molecule has 0 bridgehead atoms. The van der Waals surface area contributed by atoms with Gasteiger partial charge in [-0.25, -0.2) is 0 Å². The van der Waals surface area contributed by atoms with Gasteiger partial charge < -0.3 is 5.32 Å². The van der Waals surface area contributed by atoms with Crippen molar-refractivity contribution in [1.82, 2.24) is 0 Å². The van der Waals surface area contributed by atoms with Gasteiger partial charge in [-0.1, -0.05) is 49.7 Å². The molecule has 2 aromatic rings. The third kappa shape index (κ3) is 3.93. The summed E-state index contributed by atoms with van der Waals surface area (Å²) >= 11 is 1.34. The zero-order chi connectivity index (χ0) is 19.9. The molecule has 1 heterocycles. The summed E-state index contributed by atoms with van der Waals surface area (Å²) < 4.78 is 40.4. The summed E-state index contributed by atoms with van der Waals surface area (Å²) in [5.74, 6) is 0.191. The lowest BCUT2D eigenvalue weighted by atomic mass is 9.82. The molecular weight excluding hydrogens is 383 g/mol. The van der Waals surface area contributed by atoms with E-state index in [0.29, 0.717) is 22.9 Å². The summed E-state index contributed by atoms with van der Waals surface area (Å²) in [6.07, 6.45) is -0.239. The van der Waals surface area contributed by atoms with Gasteiger partial charge in [0.2, 0.25) is 5.91 Å². The van der Waals surface area contributed by atoms with Crippen LogP contribution in [0.4, 0.5) is 18.9 Å². The Morgan fingerprint density at radius 3 is 2.68 bits per heavy atom. The van der Waals surface area contributed by atoms with Gasteiger partial charge in [-0.3, -0.25) is 4.79 Å². The summed E-state index contributed by atoms with van der Waals surface area (Å²) in [6.45, 7) is 2.12. The summed E-state index contributed by atoms with van der Waals surface area (Å²) in [6, 6.07) is 10.0. The topological polar surface area (TPSA) is 29.1 Å². The fourth-order valence-electron chi connectivity index (χ4n) is 4.16. The molecule has 4 rings (SSSR count). The van der Waals surface area contributed by atoms with Crippen molar-refractivity contribution in [3.63, 3.8) is 0 Å². The number of hydrogen-bond acceptors (Lipinski definition) is 2. The minimum atomic E-state index is -4.45. The Hall–Kier alpha value is -1.95. The number of carbonyl (C=O) groups excluding carboxylic acids is 1. The van der Waals surface area contributed by atoms with E-state index in [1.165, 1.54) is 17.8 Å². The highest BCUT2D eigenvalue weighted by Gasteiger charge is 2.34. The van der Waals surface area contributed by atoms with Crippen molar-refractivity contribution in [3.8, 4) is 0 Å². The maximum atomic E-state index is 13.5. The number of anilines is 1. The van der Waals surface area contributed by atoms with E-state index in [4.69, 9.17) is 0 Å². The zero-order valence-corrected chi connectivity index (χ0v) is 16.4. The van der Waals surface area contributed by atoms with Crippen LogP contribution in [0.2, 0.25) is 0 Å². The van der Waals surface area contributed by atoms with Crippen molar-refractivity contribution < 1.29 is 18.0 Å². The lowest BCUT2D eigenvalue weighted by Crippen LogP contribution is -2.28. The average molecular weight is 405 g/mol. The van der Waals surface area contributed by atoms with Crippen LogP contribution in [-0.2, 0) is 17.4 Å². The molecule has 1 aliphatic carbocycles. The average Bonchev–Trinajstić information content (AvgIpc) is 2.65. The maximum Gasteiger partial charge on any atom is 0.416 e. The third-order valence-corrected chi connectivity index (χ3v) is 6.86. The first kappa shape index (κ1) is 19.4. The van der Waals surface area contributed by atoms with Gasteiger partial charge in [0, 0.05) is 27.8 Å². The molecule has 2 atom stereocenters. The van der Waals surface area contributed by atoms with Gasteiger partial charge in [-0.2, -0.15) is 13.2 Å². The maximum absolute atomic E-state index is 13.5. The van der Waals surface area contributed by atoms with Crippen LogP contribution in [0.1, 0.15) is 49.3 Å². The van der Waals surface area contributed by atoms with Crippen molar-refractivity contribution >= 4 is 23.4 Å². The number of amides is 1. The Morgan fingerprint density at radius 1 is 1.14 bits per heavy atom. The number of benzene rings is 2. The van der Waals surface area contributed by atoms with Crippen LogP contribution in [-0.4, -0.2) is 5.91 Å². The molecule has 28 heavy (non-hydrogen) atoms. The number of hydrogen-bond donors (Lipinski definition) is 1. The van der Waals surface area contributed by atoms with E-state index in [-0.39, 0.29) is 11.8 Å². The van der Waals surface area contributed by atoms with Crippen LogP contribution in [0.5, 0.6) is 0 Å². The number of halogens is 3. The van der Waals surface area contributed by atoms with Gasteiger partial charge in [0.15, 0.2) is 0 Å². The highest BCUT2D eigenvalue weighted by molar-refractivity contribution is 7.99. The number of carbonyl (C=O) groups is 1.